The second-order valence-corrected chi connectivity index (χ2v) is 8.51. The molecule has 0 heterocycles. The van der Waals surface area contributed by atoms with Gasteiger partial charge in [0.25, 0.3) is 0 Å². The highest BCUT2D eigenvalue weighted by Gasteiger charge is 2.14. The lowest BCUT2D eigenvalue weighted by Crippen LogP contribution is -2.33. The highest BCUT2D eigenvalue weighted by Crippen LogP contribution is 2.18. The number of carbonyl (C=O) groups is 1. The molecule has 1 aliphatic rings. The molecular formula is C30H44FN3O. The van der Waals surface area contributed by atoms with E-state index in [1.54, 1.807) is 12.2 Å². The molecule has 0 saturated heterocycles. The van der Waals surface area contributed by atoms with Crippen molar-refractivity contribution < 1.29 is 9.18 Å². The fourth-order valence-corrected chi connectivity index (χ4v) is 3.38. The van der Waals surface area contributed by atoms with E-state index in [1.807, 2.05) is 49.7 Å². The van der Waals surface area contributed by atoms with Gasteiger partial charge < -0.3 is 5.32 Å². The Bertz CT molecular complexity index is 859. The van der Waals surface area contributed by atoms with Gasteiger partial charge >= 0.3 is 0 Å². The largest absolute Gasteiger partial charge is 0.349 e. The van der Waals surface area contributed by atoms with Crippen LogP contribution in [0.3, 0.4) is 0 Å². The van der Waals surface area contributed by atoms with Crippen molar-refractivity contribution in [1.82, 2.24) is 5.32 Å². The first-order chi connectivity index (χ1) is 17.0. The number of nitrogens with zero attached hydrogens (tertiary/aromatic N) is 2. The summed E-state index contributed by atoms with van der Waals surface area (Å²) in [6.07, 6.45) is 27.6. The van der Waals surface area contributed by atoms with Gasteiger partial charge in [0.05, 0.1) is 17.4 Å². The normalized spacial score (nSPS) is 18.3. The molecule has 1 rings (SSSR count). The zero-order valence-corrected chi connectivity index (χ0v) is 22.1. The van der Waals surface area contributed by atoms with Gasteiger partial charge in [-0.3, -0.25) is 14.8 Å². The molecule has 5 heteroatoms. The van der Waals surface area contributed by atoms with Crippen LogP contribution in [0.2, 0.25) is 0 Å². The Morgan fingerprint density at radius 1 is 1.09 bits per heavy atom. The molecular weight excluding hydrogens is 437 g/mol. The molecule has 1 amide bonds. The average molecular weight is 482 g/mol. The van der Waals surface area contributed by atoms with E-state index in [0.717, 1.165) is 43.4 Å². The molecule has 192 valence electrons. The van der Waals surface area contributed by atoms with Crippen molar-refractivity contribution in [2.45, 2.75) is 97.7 Å². The number of carbonyl (C=O) groups excluding carboxylic acids is 1. The summed E-state index contributed by atoms with van der Waals surface area (Å²) in [4.78, 5) is 22.0. The maximum atomic E-state index is 13.3. The van der Waals surface area contributed by atoms with Gasteiger partial charge in [-0.1, -0.05) is 82.2 Å². The lowest BCUT2D eigenvalue weighted by molar-refractivity contribution is -0.120. The monoisotopic (exact) mass is 481 g/mol. The fraction of sp³-hybridized carbons (Fsp3) is 0.500. The van der Waals surface area contributed by atoms with Crippen LogP contribution >= 0.6 is 0 Å². The number of amides is 1. The number of alkyl halides is 1. The molecule has 2 atom stereocenters. The van der Waals surface area contributed by atoms with Crippen molar-refractivity contribution in [2.24, 2.45) is 9.98 Å². The van der Waals surface area contributed by atoms with Gasteiger partial charge in [-0.15, -0.1) is 0 Å². The predicted molar refractivity (Wildman–Crippen MR) is 150 cm³/mol. The van der Waals surface area contributed by atoms with Crippen LogP contribution in [0, 0.1) is 0 Å². The third-order valence-corrected chi connectivity index (χ3v) is 5.35. The van der Waals surface area contributed by atoms with Crippen LogP contribution in [0.15, 0.2) is 81.6 Å². The molecule has 0 saturated carbocycles. The minimum atomic E-state index is -0.935. The van der Waals surface area contributed by atoms with E-state index in [9.17, 15) is 9.18 Å². The first-order valence-corrected chi connectivity index (χ1v) is 13.1. The highest BCUT2D eigenvalue weighted by atomic mass is 19.1. The van der Waals surface area contributed by atoms with Crippen molar-refractivity contribution in [1.29, 1.82) is 0 Å². The number of aliphatic imine (C=N–C) groups is 2. The van der Waals surface area contributed by atoms with Gasteiger partial charge in [0.2, 0.25) is 5.91 Å². The van der Waals surface area contributed by atoms with Gasteiger partial charge in [0.15, 0.2) is 0 Å². The molecule has 0 bridgehead atoms. The van der Waals surface area contributed by atoms with Crippen LogP contribution in [0.4, 0.5) is 4.39 Å². The number of rotatable bonds is 16. The van der Waals surface area contributed by atoms with Gasteiger partial charge in [-0.25, -0.2) is 4.39 Å². The van der Waals surface area contributed by atoms with E-state index in [0.29, 0.717) is 12.1 Å². The Morgan fingerprint density at radius 2 is 1.83 bits per heavy atom. The minimum Gasteiger partial charge on any atom is -0.349 e. The lowest BCUT2D eigenvalue weighted by Gasteiger charge is -2.18. The van der Waals surface area contributed by atoms with Gasteiger partial charge in [0, 0.05) is 31.7 Å². The second kappa shape index (κ2) is 19.5. The molecule has 4 nitrogen and oxygen atoms in total. The standard InChI is InChI=1S/C30H44FN3O/c1-5-8-10-12-13-15-24-32-28(16-7-3)29(33-23-14-11-9-6-2)21-22-30(35)34-25(4)26-17-19-27(31)20-18-26/h8,10,12-13,16-19,21,23-25,27H,5-7,9,11,14-15,20,22H2,1-4H3,(H,34,35)/b10-8-,13-12-,28-16+,29-21+,32-24+,33-23+/t25-,27?/m1/s1. The summed E-state index contributed by atoms with van der Waals surface area (Å²) in [6.45, 7) is 8.27. The van der Waals surface area contributed by atoms with Gasteiger partial charge in [0.1, 0.15) is 6.17 Å². The van der Waals surface area contributed by atoms with Gasteiger partial charge in [-0.05, 0) is 44.3 Å². The van der Waals surface area contributed by atoms with Crippen LogP contribution in [-0.2, 0) is 4.79 Å². The van der Waals surface area contributed by atoms with E-state index in [2.05, 4.69) is 48.2 Å². The summed E-state index contributed by atoms with van der Waals surface area (Å²) < 4.78 is 13.3. The van der Waals surface area contributed by atoms with Crippen molar-refractivity contribution in [3.63, 3.8) is 0 Å². The molecule has 0 aliphatic heterocycles. The predicted octanol–water partition coefficient (Wildman–Crippen LogP) is 7.92. The topological polar surface area (TPSA) is 53.8 Å². The Kier molecular flexibility index (Phi) is 16.8. The number of nitrogens with one attached hydrogen (secondary N) is 1. The molecule has 0 spiro atoms. The zero-order valence-electron chi connectivity index (χ0n) is 22.1. The summed E-state index contributed by atoms with van der Waals surface area (Å²) in [6, 6.07) is -0.169. The summed E-state index contributed by atoms with van der Waals surface area (Å²) in [7, 11) is 0. The molecule has 1 unspecified atom stereocenters. The van der Waals surface area contributed by atoms with Gasteiger partial charge in [-0.2, -0.15) is 0 Å². The molecule has 0 aromatic heterocycles. The molecule has 0 aromatic rings. The zero-order chi connectivity index (χ0) is 25.7. The summed E-state index contributed by atoms with van der Waals surface area (Å²) in [5, 5.41) is 3.00. The van der Waals surface area contributed by atoms with Crippen LogP contribution in [0.25, 0.3) is 0 Å². The van der Waals surface area contributed by atoms with E-state index in [1.165, 1.54) is 12.8 Å². The quantitative estimate of drug-likeness (QED) is 0.136. The summed E-state index contributed by atoms with van der Waals surface area (Å²) in [5.41, 5.74) is 2.43. The van der Waals surface area contributed by atoms with Crippen molar-refractivity contribution >= 4 is 18.3 Å². The van der Waals surface area contributed by atoms with Crippen LogP contribution in [0.5, 0.6) is 0 Å². The number of halogens is 1. The number of unbranched alkanes of at least 4 members (excludes halogenated alkanes) is 3. The number of hydrogen-bond acceptors (Lipinski definition) is 3. The molecule has 0 fully saturated rings. The number of hydrogen-bond donors (Lipinski definition) is 1. The van der Waals surface area contributed by atoms with Crippen molar-refractivity contribution in [3.05, 3.63) is 71.7 Å². The first kappa shape index (κ1) is 30.2. The molecule has 1 N–H and O–H groups in total. The SMILES string of the molecule is CC/C=C\C=C/C/C=N/C(=C/CC)C(=C\CC(=O)N[C@H](C)C1=CCC(F)C=C1)/N=C/CCCCC. The molecule has 35 heavy (non-hydrogen) atoms. The van der Waals surface area contributed by atoms with E-state index in [4.69, 9.17) is 0 Å². The van der Waals surface area contributed by atoms with Crippen molar-refractivity contribution in [3.8, 4) is 0 Å². The minimum absolute atomic E-state index is 0.0988. The Morgan fingerprint density at radius 3 is 2.51 bits per heavy atom. The van der Waals surface area contributed by atoms with Crippen LogP contribution in [-0.4, -0.2) is 30.5 Å². The summed E-state index contributed by atoms with van der Waals surface area (Å²) in [5.74, 6) is -0.0988. The third kappa shape index (κ3) is 14.2. The lowest BCUT2D eigenvalue weighted by atomic mass is 10.0. The van der Waals surface area contributed by atoms with E-state index in [-0.39, 0.29) is 18.4 Å². The Balaban J connectivity index is 2.89. The Hall–Kier alpha value is -2.82. The average Bonchev–Trinajstić information content (AvgIpc) is 2.85. The third-order valence-electron chi connectivity index (χ3n) is 5.35. The molecule has 0 aromatic carbocycles. The Labute approximate surface area is 212 Å². The molecule has 0 radical (unpaired) electrons. The maximum Gasteiger partial charge on any atom is 0.224 e. The van der Waals surface area contributed by atoms with E-state index >= 15 is 0 Å². The maximum absolute atomic E-state index is 13.3. The van der Waals surface area contributed by atoms with Crippen LogP contribution in [0.1, 0.15) is 85.5 Å². The summed E-state index contributed by atoms with van der Waals surface area (Å²) >= 11 is 0. The fourth-order valence-electron chi connectivity index (χ4n) is 3.38. The molecule has 1 aliphatic carbocycles. The smallest absolute Gasteiger partial charge is 0.224 e. The van der Waals surface area contributed by atoms with Crippen molar-refractivity contribution in [2.75, 3.05) is 0 Å². The number of allylic oxidation sites excluding steroid dienone is 7. The highest BCUT2D eigenvalue weighted by molar-refractivity contribution is 5.78. The first-order valence-electron chi connectivity index (χ1n) is 13.1. The van der Waals surface area contributed by atoms with E-state index < -0.39 is 6.17 Å². The van der Waals surface area contributed by atoms with Crippen LogP contribution < -0.4 is 5.32 Å². The second-order valence-electron chi connectivity index (χ2n) is 8.51.